The van der Waals surface area contributed by atoms with Crippen molar-refractivity contribution >= 4 is 5.78 Å². The topological polar surface area (TPSA) is 44.1 Å². The van der Waals surface area contributed by atoms with Crippen LogP contribution in [0.2, 0.25) is 0 Å². The first kappa shape index (κ1) is 17.9. The molecule has 1 aliphatic carbocycles. The van der Waals surface area contributed by atoms with Gasteiger partial charge in [0.1, 0.15) is 11.6 Å². The molecule has 0 saturated carbocycles. The molecular formula is C24H21FN2O2. The Morgan fingerprint density at radius 1 is 1.10 bits per heavy atom. The summed E-state index contributed by atoms with van der Waals surface area (Å²) in [6, 6.07) is 16.7. The number of benzene rings is 2. The summed E-state index contributed by atoms with van der Waals surface area (Å²) in [4.78, 5) is 12.9. The van der Waals surface area contributed by atoms with Gasteiger partial charge in [-0.25, -0.2) is 9.07 Å². The van der Waals surface area contributed by atoms with Gasteiger partial charge in [0.2, 0.25) is 5.88 Å². The molecule has 0 radical (unpaired) electrons. The Balaban J connectivity index is 1.69. The van der Waals surface area contributed by atoms with Gasteiger partial charge in [-0.05, 0) is 25.0 Å². The average molecular weight is 388 g/mol. The number of aromatic nitrogens is 2. The summed E-state index contributed by atoms with van der Waals surface area (Å²) in [7, 11) is 0. The van der Waals surface area contributed by atoms with Crippen molar-refractivity contribution < 1.29 is 13.9 Å². The Labute approximate surface area is 168 Å². The number of carbonyl (C=O) groups excluding carboxylic acids is 1. The Kier molecular flexibility index (Phi) is 4.31. The lowest BCUT2D eigenvalue weighted by Gasteiger charge is -2.31. The highest BCUT2D eigenvalue weighted by atomic mass is 19.1. The second-order valence-corrected chi connectivity index (χ2v) is 7.62. The summed E-state index contributed by atoms with van der Waals surface area (Å²) < 4.78 is 22.9. The Hall–Kier alpha value is -3.21. The molecule has 5 heteroatoms. The van der Waals surface area contributed by atoms with Gasteiger partial charge >= 0.3 is 0 Å². The van der Waals surface area contributed by atoms with Gasteiger partial charge in [-0.3, -0.25) is 4.79 Å². The minimum absolute atomic E-state index is 0.0420. The van der Waals surface area contributed by atoms with E-state index in [0.29, 0.717) is 42.2 Å². The van der Waals surface area contributed by atoms with Gasteiger partial charge in [0.15, 0.2) is 5.78 Å². The molecule has 0 spiro atoms. The normalized spacial score (nSPS) is 18.3. The van der Waals surface area contributed by atoms with Gasteiger partial charge in [-0.2, -0.15) is 5.10 Å². The molecule has 2 heterocycles. The van der Waals surface area contributed by atoms with Gasteiger partial charge < -0.3 is 4.74 Å². The third-order valence-corrected chi connectivity index (χ3v) is 5.72. The third-order valence-electron chi connectivity index (χ3n) is 5.72. The Bertz CT molecular complexity index is 1130. The number of halogens is 1. The molecule has 0 amide bonds. The maximum Gasteiger partial charge on any atom is 0.222 e. The summed E-state index contributed by atoms with van der Waals surface area (Å²) >= 11 is 0. The predicted molar refractivity (Wildman–Crippen MR) is 107 cm³/mol. The molecule has 1 aliphatic heterocycles. The maximum atomic E-state index is 14.8. The number of Topliss-reactive ketones (excluding diaryl/α,β-unsaturated/α-hetero) is 1. The van der Waals surface area contributed by atoms with Crippen molar-refractivity contribution in [2.24, 2.45) is 0 Å². The average Bonchev–Trinajstić information content (AvgIpc) is 3.03. The lowest BCUT2D eigenvalue weighted by Crippen LogP contribution is -2.26. The lowest BCUT2D eigenvalue weighted by molar-refractivity contribution is -0.116. The fraction of sp³-hybridized carbons (Fsp3) is 0.250. The summed E-state index contributed by atoms with van der Waals surface area (Å²) in [5.41, 5.74) is 3.75. The largest absolute Gasteiger partial charge is 0.443 e. The van der Waals surface area contributed by atoms with Crippen LogP contribution in [-0.4, -0.2) is 15.6 Å². The van der Waals surface area contributed by atoms with Crippen LogP contribution in [0.3, 0.4) is 0 Å². The van der Waals surface area contributed by atoms with E-state index in [1.165, 1.54) is 6.07 Å². The summed E-state index contributed by atoms with van der Waals surface area (Å²) in [6.07, 6.45) is 1.91. The predicted octanol–water partition coefficient (Wildman–Crippen LogP) is 4.91. The first-order chi connectivity index (χ1) is 14.1. The van der Waals surface area contributed by atoms with Crippen molar-refractivity contribution in [2.45, 2.75) is 38.6 Å². The molecule has 2 aromatic carbocycles. The van der Waals surface area contributed by atoms with Crippen LogP contribution in [0.5, 0.6) is 5.88 Å². The van der Waals surface area contributed by atoms with Crippen molar-refractivity contribution in [1.82, 2.24) is 9.78 Å². The quantitative estimate of drug-likeness (QED) is 0.640. The van der Waals surface area contributed by atoms with Crippen LogP contribution in [0.15, 0.2) is 65.9 Å². The van der Waals surface area contributed by atoms with Crippen LogP contribution in [0.25, 0.3) is 0 Å². The van der Waals surface area contributed by atoms with Crippen LogP contribution in [-0.2, 0) is 11.3 Å². The van der Waals surface area contributed by atoms with Crippen molar-refractivity contribution in [3.05, 3.63) is 94.1 Å². The molecule has 0 fully saturated rings. The van der Waals surface area contributed by atoms with Crippen LogP contribution in [0, 0.1) is 12.7 Å². The van der Waals surface area contributed by atoms with Crippen molar-refractivity contribution in [3.8, 4) is 5.88 Å². The van der Waals surface area contributed by atoms with E-state index in [2.05, 4.69) is 0 Å². The van der Waals surface area contributed by atoms with Gasteiger partial charge in [0.25, 0.3) is 0 Å². The fourth-order valence-electron chi connectivity index (χ4n) is 4.42. The monoisotopic (exact) mass is 388 g/mol. The van der Waals surface area contributed by atoms with E-state index in [4.69, 9.17) is 9.84 Å². The first-order valence-electron chi connectivity index (χ1n) is 9.93. The smallest absolute Gasteiger partial charge is 0.222 e. The zero-order chi connectivity index (χ0) is 20.0. The van der Waals surface area contributed by atoms with E-state index in [1.807, 2.05) is 48.0 Å². The maximum absolute atomic E-state index is 14.8. The number of ketones is 1. The third kappa shape index (κ3) is 2.97. The van der Waals surface area contributed by atoms with Crippen molar-refractivity contribution in [1.29, 1.82) is 0 Å². The van der Waals surface area contributed by atoms with Crippen molar-refractivity contribution in [3.63, 3.8) is 0 Å². The van der Waals surface area contributed by atoms with Gasteiger partial charge in [0, 0.05) is 29.5 Å². The van der Waals surface area contributed by atoms with E-state index in [0.717, 1.165) is 23.2 Å². The second kappa shape index (κ2) is 6.99. The van der Waals surface area contributed by atoms with Crippen LogP contribution < -0.4 is 4.74 Å². The number of aryl methyl sites for hydroxylation is 1. The number of hydrogen-bond acceptors (Lipinski definition) is 3. The van der Waals surface area contributed by atoms with Gasteiger partial charge in [0.05, 0.1) is 18.2 Å². The summed E-state index contributed by atoms with van der Waals surface area (Å²) in [6.45, 7) is 2.45. The van der Waals surface area contributed by atoms with Crippen LogP contribution >= 0.6 is 0 Å². The zero-order valence-corrected chi connectivity index (χ0v) is 16.2. The minimum Gasteiger partial charge on any atom is -0.443 e. The Morgan fingerprint density at radius 3 is 2.66 bits per heavy atom. The number of rotatable bonds is 3. The number of ether oxygens (including phenoxy) is 1. The van der Waals surface area contributed by atoms with Crippen LogP contribution in [0.1, 0.15) is 47.6 Å². The number of hydrogen-bond donors (Lipinski definition) is 0. The summed E-state index contributed by atoms with van der Waals surface area (Å²) in [5.74, 6) is 0.530. The molecule has 1 atom stereocenters. The van der Waals surface area contributed by atoms with Crippen LogP contribution in [0.4, 0.5) is 4.39 Å². The lowest BCUT2D eigenvalue weighted by atomic mass is 9.77. The van der Waals surface area contributed by atoms with Gasteiger partial charge in [-0.1, -0.05) is 48.5 Å². The molecule has 2 aliphatic rings. The summed E-state index contributed by atoms with van der Waals surface area (Å²) in [5, 5.41) is 4.71. The molecule has 29 heavy (non-hydrogen) atoms. The minimum atomic E-state index is -0.479. The number of nitrogens with zero attached hydrogens (tertiary/aromatic N) is 2. The molecule has 1 aromatic heterocycles. The fourth-order valence-corrected chi connectivity index (χ4v) is 4.42. The second-order valence-electron chi connectivity index (χ2n) is 7.62. The zero-order valence-electron chi connectivity index (χ0n) is 16.2. The van der Waals surface area contributed by atoms with E-state index in [1.54, 1.807) is 12.1 Å². The highest BCUT2D eigenvalue weighted by Gasteiger charge is 2.41. The molecular weight excluding hydrogens is 367 g/mol. The number of allylic oxidation sites excluding steroid dienone is 2. The molecule has 146 valence electrons. The van der Waals surface area contributed by atoms with Crippen molar-refractivity contribution in [2.75, 3.05) is 0 Å². The molecule has 0 bridgehead atoms. The highest BCUT2D eigenvalue weighted by Crippen LogP contribution is 2.48. The molecule has 5 rings (SSSR count). The Morgan fingerprint density at radius 2 is 1.86 bits per heavy atom. The SMILES string of the molecule is Cc1nn(Cc2ccccc2)c2c1[C@@H](c1ccccc1F)C1=C(CCCC1=O)O2. The van der Waals surface area contributed by atoms with E-state index in [-0.39, 0.29) is 11.6 Å². The number of carbonyl (C=O) groups is 1. The molecule has 0 unspecified atom stereocenters. The first-order valence-corrected chi connectivity index (χ1v) is 9.93. The molecule has 4 nitrogen and oxygen atoms in total. The molecule has 0 saturated heterocycles. The highest BCUT2D eigenvalue weighted by molar-refractivity contribution is 5.99. The molecule has 0 N–H and O–H groups in total. The van der Waals surface area contributed by atoms with Gasteiger partial charge in [-0.15, -0.1) is 0 Å². The van der Waals surface area contributed by atoms with E-state index >= 15 is 0 Å². The molecule has 3 aromatic rings. The number of fused-ring (bicyclic) bond motifs is 1. The standard InChI is InChI=1S/C24H21FN2O2/c1-15-21-22(17-10-5-6-11-18(17)25)23-19(28)12-7-13-20(23)29-24(21)27(26-15)14-16-8-3-2-4-9-16/h2-6,8-11,22H,7,12-14H2,1H3/t22-/m1/s1. The van der Waals surface area contributed by atoms with E-state index in [9.17, 15) is 9.18 Å². The van der Waals surface area contributed by atoms with E-state index < -0.39 is 5.92 Å².